The van der Waals surface area contributed by atoms with Crippen LogP contribution in [0.1, 0.15) is 31.4 Å². The van der Waals surface area contributed by atoms with E-state index in [0.717, 1.165) is 37.2 Å². The quantitative estimate of drug-likeness (QED) is 0.826. The van der Waals surface area contributed by atoms with Crippen LogP contribution >= 0.6 is 0 Å². The van der Waals surface area contributed by atoms with E-state index in [1.54, 1.807) is 6.07 Å². The monoisotopic (exact) mass is 238 g/mol. The fourth-order valence-corrected chi connectivity index (χ4v) is 2.28. The topological polar surface area (TPSA) is 49.5 Å². The highest BCUT2D eigenvalue weighted by atomic mass is 19.1. The van der Waals surface area contributed by atoms with Crippen LogP contribution in [0.2, 0.25) is 0 Å². The molecule has 1 atom stereocenters. The molecule has 1 aliphatic rings. The molecule has 1 aliphatic heterocycles. The second kappa shape index (κ2) is 5.02. The molecule has 0 bridgehead atoms. The molecule has 94 valence electrons. The lowest BCUT2D eigenvalue weighted by atomic mass is 10.0. The second-order valence-corrected chi connectivity index (χ2v) is 4.71. The summed E-state index contributed by atoms with van der Waals surface area (Å²) in [6, 6.07) is 4.57. The minimum absolute atomic E-state index is 0.187. The third kappa shape index (κ3) is 2.76. The number of hydrogen-bond acceptors (Lipinski definition) is 3. The Labute approximate surface area is 101 Å². The molecule has 1 heterocycles. The molecule has 2 rings (SSSR count). The van der Waals surface area contributed by atoms with Gasteiger partial charge in [0.2, 0.25) is 0 Å². The summed E-state index contributed by atoms with van der Waals surface area (Å²) in [4.78, 5) is 2.17. The molecule has 0 spiro atoms. The predicted octanol–water partition coefficient (Wildman–Crippen LogP) is 1.81. The van der Waals surface area contributed by atoms with Crippen LogP contribution in [0.15, 0.2) is 18.2 Å². The van der Waals surface area contributed by atoms with Gasteiger partial charge in [0.15, 0.2) is 0 Å². The van der Waals surface area contributed by atoms with Crippen molar-refractivity contribution in [1.29, 1.82) is 0 Å². The van der Waals surface area contributed by atoms with E-state index in [0.29, 0.717) is 0 Å². The minimum atomic E-state index is -0.252. The summed E-state index contributed by atoms with van der Waals surface area (Å²) >= 11 is 0. The molecule has 0 aromatic heterocycles. The van der Waals surface area contributed by atoms with Crippen molar-refractivity contribution in [2.24, 2.45) is 5.73 Å². The lowest BCUT2D eigenvalue weighted by molar-refractivity contribution is 0.145. The summed E-state index contributed by atoms with van der Waals surface area (Å²) in [7, 11) is 0. The van der Waals surface area contributed by atoms with Crippen molar-refractivity contribution in [2.75, 3.05) is 18.0 Å². The van der Waals surface area contributed by atoms with Crippen molar-refractivity contribution in [3.05, 3.63) is 29.6 Å². The highest BCUT2D eigenvalue weighted by molar-refractivity contribution is 5.55. The number of halogens is 1. The van der Waals surface area contributed by atoms with E-state index in [2.05, 4.69) is 4.90 Å². The van der Waals surface area contributed by atoms with Crippen molar-refractivity contribution in [1.82, 2.24) is 0 Å². The molecule has 0 aliphatic carbocycles. The summed E-state index contributed by atoms with van der Waals surface area (Å²) < 4.78 is 13.2. The number of aliphatic hydroxyl groups is 1. The molecule has 3 nitrogen and oxygen atoms in total. The summed E-state index contributed by atoms with van der Waals surface area (Å²) in [6.07, 6.45) is 1.32. The fraction of sp³-hybridized carbons (Fsp3) is 0.538. The summed E-state index contributed by atoms with van der Waals surface area (Å²) in [5.41, 5.74) is 7.70. The Morgan fingerprint density at radius 1 is 1.41 bits per heavy atom. The van der Waals surface area contributed by atoms with Gasteiger partial charge in [0.05, 0.1) is 6.10 Å². The number of hydrogen-bond donors (Lipinski definition) is 2. The first kappa shape index (κ1) is 12.3. The highest BCUT2D eigenvalue weighted by Crippen LogP contribution is 2.28. The van der Waals surface area contributed by atoms with Gasteiger partial charge in [-0.05, 0) is 43.5 Å². The van der Waals surface area contributed by atoms with Gasteiger partial charge >= 0.3 is 0 Å². The SMILES string of the molecule is C[C@@H](N)c1cc(F)ccc1N1CCC(O)CC1. The van der Waals surface area contributed by atoms with E-state index < -0.39 is 0 Å². The lowest BCUT2D eigenvalue weighted by Gasteiger charge is -2.33. The van der Waals surface area contributed by atoms with E-state index >= 15 is 0 Å². The number of rotatable bonds is 2. The molecular formula is C13H19FN2O. The molecule has 17 heavy (non-hydrogen) atoms. The Kier molecular flexibility index (Phi) is 3.64. The number of aliphatic hydroxyl groups excluding tert-OH is 1. The van der Waals surface area contributed by atoms with Gasteiger partial charge in [-0.25, -0.2) is 4.39 Å². The Morgan fingerprint density at radius 3 is 2.65 bits per heavy atom. The second-order valence-electron chi connectivity index (χ2n) is 4.71. The molecule has 4 heteroatoms. The lowest BCUT2D eigenvalue weighted by Crippen LogP contribution is -2.36. The van der Waals surface area contributed by atoms with Crippen LogP contribution in [0.25, 0.3) is 0 Å². The minimum Gasteiger partial charge on any atom is -0.393 e. The van der Waals surface area contributed by atoms with Crippen LogP contribution in [0.3, 0.4) is 0 Å². The summed E-state index contributed by atoms with van der Waals surface area (Å²) in [5, 5.41) is 9.49. The Morgan fingerprint density at radius 2 is 2.06 bits per heavy atom. The van der Waals surface area contributed by atoms with Crippen molar-refractivity contribution >= 4 is 5.69 Å². The maximum atomic E-state index is 13.2. The van der Waals surface area contributed by atoms with Crippen molar-refractivity contribution in [2.45, 2.75) is 31.9 Å². The zero-order chi connectivity index (χ0) is 12.4. The Balaban J connectivity index is 2.25. The fourth-order valence-electron chi connectivity index (χ4n) is 2.28. The van der Waals surface area contributed by atoms with Crippen LogP contribution in [-0.4, -0.2) is 24.3 Å². The maximum absolute atomic E-state index is 13.2. The maximum Gasteiger partial charge on any atom is 0.123 e. The molecular weight excluding hydrogens is 219 g/mol. The number of piperidine rings is 1. The molecule has 1 aromatic carbocycles. The van der Waals surface area contributed by atoms with E-state index in [4.69, 9.17) is 5.73 Å². The molecule has 1 fully saturated rings. The first-order chi connectivity index (χ1) is 8.08. The van der Waals surface area contributed by atoms with E-state index in [1.807, 2.05) is 6.92 Å². The number of nitrogens with zero attached hydrogens (tertiary/aromatic N) is 1. The smallest absolute Gasteiger partial charge is 0.123 e. The van der Waals surface area contributed by atoms with Gasteiger partial charge < -0.3 is 15.7 Å². The van der Waals surface area contributed by atoms with E-state index in [1.165, 1.54) is 12.1 Å². The van der Waals surface area contributed by atoms with Gasteiger partial charge in [-0.2, -0.15) is 0 Å². The van der Waals surface area contributed by atoms with Crippen LogP contribution in [0, 0.1) is 5.82 Å². The largest absolute Gasteiger partial charge is 0.393 e. The van der Waals surface area contributed by atoms with Crippen molar-refractivity contribution in [3.8, 4) is 0 Å². The number of anilines is 1. The summed E-state index contributed by atoms with van der Waals surface area (Å²) in [5.74, 6) is -0.252. The first-order valence-corrected chi connectivity index (χ1v) is 6.06. The number of benzene rings is 1. The average Bonchev–Trinajstić information content (AvgIpc) is 2.30. The van der Waals surface area contributed by atoms with E-state index in [9.17, 15) is 9.50 Å². The molecule has 0 radical (unpaired) electrons. The Hall–Kier alpha value is -1.13. The Bertz CT molecular complexity index is 387. The predicted molar refractivity (Wildman–Crippen MR) is 66.5 cm³/mol. The van der Waals surface area contributed by atoms with Crippen molar-refractivity contribution < 1.29 is 9.50 Å². The van der Waals surface area contributed by atoms with Gasteiger partial charge in [-0.3, -0.25) is 0 Å². The van der Waals surface area contributed by atoms with Gasteiger partial charge in [-0.1, -0.05) is 0 Å². The normalized spacial score (nSPS) is 19.4. The van der Waals surface area contributed by atoms with Gasteiger partial charge in [-0.15, -0.1) is 0 Å². The first-order valence-electron chi connectivity index (χ1n) is 6.06. The van der Waals surface area contributed by atoms with Crippen LogP contribution in [0.4, 0.5) is 10.1 Å². The number of nitrogens with two attached hydrogens (primary N) is 1. The van der Waals surface area contributed by atoms with Gasteiger partial charge in [0.25, 0.3) is 0 Å². The third-order valence-corrected chi connectivity index (χ3v) is 3.29. The molecule has 0 saturated carbocycles. The highest BCUT2D eigenvalue weighted by Gasteiger charge is 2.20. The van der Waals surface area contributed by atoms with Crippen LogP contribution in [0.5, 0.6) is 0 Å². The molecule has 3 N–H and O–H groups in total. The molecule has 0 unspecified atom stereocenters. The molecule has 1 aromatic rings. The van der Waals surface area contributed by atoms with Crippen LogP contribution < -0.4 is 10.6 Å². The van der Waals surface area contributed by atoms with Crippen LogP contribution in [-0.2, 0) is 0 Å². The zero-order valence-corrected chi connectivity index (χ0v) is 10.1. The van der Waals surface area contributed by atoms with Crippen molar-refractivity contribution in [3.63, 3.8) is 0 Å². The van der Waals surface area contributed by atoms with Gasteiger partial charge in [0, 0.05) is 24.8 Å². The third-order valence-electron chi connectivity index (χ3n) is 3.29. The average molecular weight is 238 g/mol. The molecule has 0 amide bonds. The molecule has 1 saturated heterocycles. The van der Waals surface area contributed by atoms with E-state index in [-0.39, 0.29) is 18.0 Å². The standard InChI is InChI=1S/C13H19FN2O/c1-9(15)12-8-10(14)2-3-13(12)16-6-4-11(17)5-7-16/h2-3,8-9,11,17H,4-7,15H2,1H3/t9-/m1/s1. The zero-order valence-electron chi connectivity index (χ0n) is 10.1. The summed E-state index contributed by atoms with van der Waals surface area (Å²) in [6.45, 7) is 3.45. The van der Waals surface area contributed by atoms with Gasteiger partial charge in [0.1, 0.15) is 5.82 Å².